The Labute approximate surface area is 134 Å². The molecule has 0 fully saturated rings. The Morgan fingerprint density at radius 3 is 2.86 bits per heavy atom. The third-order valence-corrected chi connectivity index (χ3v) is 4.18. The fourth-order valence-electron chi connectivity index (χ4n) is 1.99. The molecule has 118 valence electrons. The van der Waals surface area contributed by atoms with E-state index in [1.807, 2.05) is 24.3 Å². The predicted molar refractivity (Wildman–Crippen MR) is 86.9 cm³/mol. The van der Waals surface area contributed by atoms with E-state index >= 15 is 0 Å². The molecule has 0 saturated carbocycles. The molecule has 1 aromatic heterocycles. The number of thioether (sulfide) groups is 1. The second-order valence-corrected chi connectivity index (χ2v) is 6.00. The number of rotatable bonds is 8. The van der Waals surface area contributed by atoms with Crippen LogP contribution in [0.25, 0.3) is 0 Å². The molecule has 2 aromatic rings. The normalized spacial score (nSPS) is 10.6. The number of hydrogen-bond donors (Lipinski definition) is 1. The maximum Gasteiger partial charge on any atom is 0.252 e. The van der Waals surface area contributed by atoms with E-state index in [-0.39, 0.29) is 5.91 Å². The van der Waals surface area contributed by atoms with Gasteiger partial charge in [0.2, 0.25) is 5.89 Å². The summed E-state index contributed by atoms with van der Waals surface area (Å²) in [4.78, 5) is 17.4. The van der Waals surface area contributed by atoms with Crippen LogP contribution in [0.4, 0.5) is 0 Å². The van der Waals surface area contributed by atoms with Gasteiger partial charge in [0.15, 0.2) is 5.82 Å². The largest absolute Gasteiger partial charge is 0.352 e. The number of carbonyl (C=O) groups excluding carboxylic acids is 1. The Morgan fingerprint density at radius 1 is 1.32 bits per heavy atom. The summed E-state index contributed by atoms with van der Waals surface area (Å²) in [5.74, 6) is 1.72. The summed E-state index contributed by atoms with van der Waals surface area (Å²) < 4.78 is 5.10. The van der Waals surface area contributed by atoms with E-state index in [1.54, 1.807) is 6.92 Å². The lowest BCUT2D eigenvalue weighted by Crippen LogP contribution is -2.24. The number of aromatic nitrogens is 2. The van der Waals surface area contributed by atoms with E-state index in [1.165, 1.54) is 11.8 Å². The van der Waals surface area contributed by atoms with Crippen LogP contribution >= 0.6 is 11.8 Å². The second kappa shape index (κ2) is 8.58. The van der Waals surface area contributed by atoms with Gasteiger partial charge in [-0.1, -0.05) is 37.1 Å². The molecule has 1 N–H and O–H groups in total. The van der Waals surface area contributed by atoms with Crippen LogP contribution in [0.5, 0.6) is 0 Å². The molecule has 0 aliphatic heterocycles. The molecule has 1 aromatic carbocycles. The van der Waals surface area contributed by atoms with Crippen LogP contribution in [0.2, 0.25) is 0 Å². The zero-order valence-corrected chi connectivity index (χ0v) is 13.8. The number of hydrogen-bond acceptors (Lipinski definition) is 5. The maximum atomic E-state index is 12.3. The summed E-state index contributed by atoms with van der Waals surface area (Å²) in [6, 6.07) is 7.59. The summed E-state index contributed by atoms with van der Waals surface area (Å²) in [6.07, 6.45) is 3.29. The van der Waals surface area contributed by atoms with Crippen molar-refractivity contribution in [3.8, 4) is 0 Å². The van der Waals surface area contributed by atoms with Gasteiger partial charge < -0.3 is 9.84 Å². The molecule has 6 heteroatoms. The summed E-state index contributed by atoms with van der Waals surface area (Å²) in [7, 11) is 0. The lowest BCUT2D eigenvalue weighted by Gasteiger charge is -2.09. The van der Waals surface area contributed by atoms with Crippen molar-refractivity contribution in [1.82, 2.24) is 15.5 Å². The van der Waals surface area contributed by atoms with Gasteiger partial charge in [0.1, 0.15) is 0 Å². The highest BCUT2D eigenvalue weighted by Crippen LogP contribution is 2.25. The molecule has 0 aliphatic rings. The molecule has 1 amide bonds. The van der Waals surface area contributed by atoms with Crippen LogP contribution < -0.4 is 5.32 Å². The van der Waals surface area contributed by atoms with Crippen molar-refractivity contribution in [1.29, 1.82) is 0 Å². The number of nitrogens with one attached hydrogen (secondary N) is 1. The average Bonchev–Trinajstić information content (AvgIpc) is 2.95. The fraction of sp³-hybridized carbons (Fsp3) is 0.438. The standard InChI is InChI=1S/C16H21N3O2S/c1-3-4-7-10-17-16(20)13-8-5-6-9-14(13)22-11-15-18-12(2)19-21-15/h5-6,8-9H,3-4,7,10-11H2,1-2H3,(H,17,20). The number of amides is 1. The first-order chi connectivity index (χ1) is 10.7. The van der Waals surface area contributed by atoms with Crippen LogP contribution in [0.3, 0.4) is 0 Å². The molecule has 0 aliphatic carbocycles. The van der Waals surface area contributed by atoms with Gasteiger partial charge in [0, 0.05) is 11.4 Å². The number of benzene rings is 1. The Morgan fingerprint density at radius 2 is 2.14 bits per heavy atom. The van der Waals surface area contributed by atoms with Crippen LogP contribution in [0, 0.1) is 6.92 Å². The fourth-order valence-corrected chi connectivity index (χ4v) is 2.88. The third kappa shape index (κ3) is 4.87. The SMILES string of the molecule is CCCCCNC(=O)c1ccccc1SCc1nc(C)no1. The molecule has 0 radical (unpaired) electrons. The number of nitrogens with zero attached hydrogens (tertiary/aromatic N) is 2. The third-order valence-electron chi connectivity index (χ3n) is 3.12. The van der Waals surface area contributed by atoms with Crippen molar-refractivity contribution in [2.75, 3.05) is 6.54 Å². The number of aryl methyl sites for hydroxylation is 1. The van der Waals surface area contributed by atoms with Crippen molar-refractivity contribution >= 4 is 17.7 Å². The summed E-state index contributed by atoms with van der Waals surface area (Å²) in [6.45, 7) is 4.65. The Kier molecular flexibility index (Phi) is 6.45. The molecule has 0 bridgehead atoms. The molecule has 5 nitrogen and oxygen atoms in total. The first-order valence-electron chi connectivity index (χ1n) is 7.50. The summed E-state index contributed by atoms with van der Waals surface area (Å²) in [5.41, 5.74) is 0.695. The van der Waals surface area contributed by atoms with Crippen LogP contribution in [0.15, 0.2) is 33.7 Å². The van der Waals surface area contributed by atoms with Crippen molar-refractivity contribution in [2.24, 2.45) is 0 Å². The van der Waals surface area contributed by atoms with Gasteiger partial charge in [-0.3, -0.25) is 4.79 Å². The summed E-state index contributed by atoms with van der Waals surface area (Å²) >= 11 is 1.53. The molecular weight excluding hydrogens is 298 g/mol. The van der Waals surface area contributed by atoms with Crippen molar-refractivity contribution in [2.45, 2.75) is 43.8 Å². The molecule has 22 heavy (non-hydrogen) atoms. The van der Waals surface area contributed by atoms with Crippen LogP contribution in [0.1, 0.15) is 48.3 Å². The summed E-state index contributed by atoms with van der Waals surface area (Å²) in [5, 5.41) is 6.74. The highest BCUT2D eigenvalue weighted by molar-refractivity contribution is 7.98. The average molecular weight is 319 g/mol. The van der Waals surface area contributed by atoms with E-state index < -0.39 is 0 Å². The smallest absolute Gasteiger partial charge is 0.252 e. The monoisotopic (exact) mass is 319 g/mol. The minimum absolute atomic E-state index is 0.0269. The van der Waals surface area contributed by atoms with E-state index in [0.29, 0.717) is 29.6 Å². The molecule has 2 rings (SSSR count). The lowest BCUT2D eigenvalue weighted by atomic mass is 10.2. The van der Waals surface area contributed by atoms with Gasteiger partial charge in [0.25, 0.3) is 5.91 Å². The second-order valence-electron chi connectivity index (χ2n) is 4.98. The van der Waals surface area contributed by atoms with Crippen molar-refractivity contribution < 1.29 is 9.32 Å². The molecular formula is C16H21N3O2S. The highest BCUT2D eigenvalue weighted by atomic mass is 32.2. The van der Waals surface area contributed by atoms with Gasteiger partial charge in [-0.15, -0.1) is 11.8 Å². The Hall–Kier alpha value is -1.82. The van der Waals surface area contributed by atoms with Gasteiger partial charge in [-0.05, 0) is 25.5 Å². The van der Waals surface area contributed by atoms with Crippen LogP contribution in [-0.2, 0) is 5.75 Å². The van der Waals surface area contributed by atoms with Gasteiger partial charge >= 0.3 is 0 Å². The van der Waals surface area contributed by atoms with E-state index in [2.05, 4.69) is 22.4 Å². The minimum Gasteiger partial charge on any atom is -0.352 e. The van der Waals surface area contributed by atoms with Gasteiger partial charge in [-0.25, -0.2) is 0 Å². The lowest BCUT2D eigenvalue weighted by molar-refractivity contribution is 0.0950. The predicted octanol–water partition coefficient (Wildman–Crippen LogP) is 3.59. The van der Waals surface area contributed by atoms with E-state index in [9.17, 15) is 4.79 Å². The first-order valence-corrected chi connectivity index (χ1v) is 8.48. The van der Waals surface area contributed by atoms with Gasteiger partial charge in [0.05, 0.1) is 11.3 Å². The first kappa shape index (κ1) is 16.5. The molecule has 0 saturated heterocycles. The quantitative estimate of drug-likeness (QED) is 0.595. The van der Waals surface area contributed by atoms with E-state index in [4.69, 9.17) is 4.52 Å². The molecule has 0 spiro atoms. The van der Waals surface area contributed by atoms with E-state index in [0.717, 1.165) is 24.2 Å². The minimum atomic E-state index is -0.0269. The molecule has 1 heterocycles. The van der Waals surface area contributed by atoms with Crippen LogP contribution in [-0.4, -0.2) is 22.6 Å². The maximum absolute atomic E-state index is 12.3. The molecule has 0 atom stereocenters. The highest BCUT2D eigenvalue weighted by Gasteiger charge is 2.12. The molecule has 0 unspecified atom stereocenters. The zero-order valence-electron chi connectivity index (χ0n) is 13.0. The van der Waals surface area contributed by atoms with Crippen molar-refractivity contribution in [3.05, 3.63) is 41.5 Å². The van der Waals surface area contributed by atoms with Gasteiger partial charge in [-0.2, -0.15) is 4.98 Å². The Balaban J connectivity index is 1.95. The zero-order chi connectivity index (χ0) is 15.8. The Bertz CT molecular complexity index is 613. The number of unbranched alkanes of at least 4 members (excludes halogenated alkanes) is 2. The topological polar surface area (TPSA) is 68.0 Å². The number of carbonyl (C=O) groups is 1. The van der Waals surface area contributed by atoms with Crippen molar-refractivity contribution in [3.63, 3.8) is 0 Å².